The highest BCUT2D eigenvalue weighted by Crippen LogP contribution is 2.20. The van der Waals surface area contributed by atoms with E-state index in [1.54, 1.807) is 0 Å². The summed E-state index contributed by atoms with van der Waals surface area (Å²) in [5, 5.41) is 12.0. The minimum Gasteiger partial charge on any atom is -0.480 e. The molecule has 0 radical (unpaired) electrons. The number of carboxylic acids is 1. The van der Waals surface area contributed by atoms with E-state index < -0.39 is 30.0 Å². The van der Waals surface area contributed by atoms with Crippen LogP contribution in [0.1, 0.15) is 18.4 Å². The highest BCUT2D eigenvalue weighted by atomic mass is 16.4. The van der Waals surface area contributed by atoms with Gasteiger partial charge in [0.15, 0.2) is 0 Å². The van der Waals surface area contributed by atoms with Gasteiger partial charge in [0.05, 0.1) is 12.6 Å². The standard InChI is InChI=1S/C17H24N4O4/c18-9-15(22)20-12-8-14(17(24)25)21(10-12)16(23)13(19)7-6-11-4-2-1-3-5-11/h1-5,12-14H,6-10,18-19H2,(H,20,22)(H,24,25)/t12-,13-,14+/m1/s1. The number of carbonyl (C=O) groups excluding carboxylic acids is 2. The minimum atomic E-state index is -1.10. The number of benzene rings is 1. The van der Waals surface area contributed by atoms with Gasteiger partial charge in [0.2, 0.25) is 11.8 Å². The Morgan fingerprint density at radius 2 is 1.96 bits per heavy atom. The summed E-state index contributed by atoms with van der Waals surface area (Å²) in [5.74, 6) is -1.89. The third-order valence-electron chi connectivity index (χ3n) is 4.32. The highest BCUT2D eigenvalue weighted by molar-refractivity contribution is 5.88. The van der Waals surface area contributed by atoms with Crippen LogP contribution in [0.15, 0.2) is 30.3 Å². The summed E-state index contributed by atoms with van der Waals surface area (Å²) in [6.45, 7) is -0.0562. The number of nitrogens with two attached hydrogens (primary N) is 2. The van der Waals surface area contributed by atoms with E-state index in [1.807, 2.05) is 30.3 Å². The van der Waals surface area contributed by atoms with Crippen molar-refractivity contribution in [3.05, 3.63) is 35.9 Å². The molecule has 3 atom stereocenters. The zero-order valence-corrected chi connectivity index (χ0v) is 13.9. The number of nitrogens with one attached hydrogen (secondary N) is 1. The lowest BCUT2D eigenvalue weighted by atomic mass is 10.0. The normalized spacial score (nSPS) is 21.0. The fourth-order valence-corrected chi connectivity index (χ4v) is 3.01. The lowest BCUT2D eigenvalue weighted by Gasteiger charge is -2.24. The average molecular weight is 348 g/mol. The molecule has 136 valence electrons. The largest absolute Gasteiger partial charge is 0.480 e. The second kappa shape index (κ2) is 8.59. The smallest absolute Gasteiger partial charge is 0.326 e. The molecule has 8 heteroatoms. The van der Waals surface area contributed by atoms with Crippen LogP contribution in [-0.4, -0.2) is 59.0 Å². The van der Waals surface area contributed by atoms with Crippen molar-refractivity contribution in [2.24, 2.45) is 11.5 Å². The second-order valence-corrected chi connectivity index (χ2v) is 6.18. The number of nitrogens with zero attached hydrogens (tertiary/aromatic N) is 1. The summed E-state index contributed by atoms with van der Waals surface area (Å²) >= 11 is 0. The number of carbonyl (C=O) groups is 3. The van der Waals surface area contributed by atoms with Gasteiger partial charge in [0.25, 0.3) is 0 Å². The van der Waals surface area contributed by atoms with Crippen LogP contribution >= 0.6 is 0 Å². The van der Waals surface area contributed by atoms with Crippen LogP contribution in [0.25, 0.3) is 0 Å². The summed E-state index contributed by atoms with van der Waals surface area (Å²) in [7, 11) is 0. The van der Waals surface area contributed by atoms with Crippen LogP contribution in [-0.2, 0) is 20.8 Å². The molecule has 0 aromatic heterocycles. The molecular weight excluding hydrogens is 324 g/mol. The summed E-state index contributed by atoms with van der Waals surface area (Å²) < 4.78 is 0. The predicted molar refractivity (Wildman–Crippen MR) is 91.5 cm³/mol. The van der Waals surface area contributed by atoms with E-state index in [-0.39, 0.29) is 25.4 Å². The third kappa shape index (κ3) is 5.01. The number of hydrogen-bond donors (Lipinski definition) is 4. The van der Waals surface area contributed by atoms with Crippen molar-refractivity contribution in [2.75, 3.05) is 13.1 Å². The van der Waals surface area contributed by atoms with Crippen molar-refractivity contribution in [1.82, 2.24) is 10.2 Å². The molecule has 0 unspecified atom stereocenters. The van der Waals surface area contributed by atoms with Gasteiger partial charge in [-0.05, 0) is 18.4 Å². The fourth-order valence-electron chi connectivity index (χ4n) is 3.01. The number of likely N-dealkylation sites (tertiary alicyclic amines) is 1. The van der Waals surface area contributed by atoms with Crippen molar-refractivity contribution >= 4 is 17.8 Å². The molecule has 1 fully saturated rings. The van der Waals surface area contributed by atoms with Gasteiger partial charge in [0.1, 0.15) is 6.04 Å². The first-order valence-corrected chi connectivity index (χ1v) is 8.24. The van der Waals surface area contributed by atoms with E-state index in [1.165, 1.54) is 4.90 Å². The quantitative estimate of drug-likeness (QED) is 0.502. The van der Waals surface area contributed by atoms with E-state index in [9.17, 15) is 19.5 Å². The number of rotatable bonds is 7. The highest BCUT2D eigenvalue weighted by Gasteiger charge is 2.41. The predicted octanol–water partition coefficient (Wildman–Crippen LogP) is -0.924. The average Bonchev–Trinajstić information content (AvgIpc) is 3.03. The lowest BCUT2D eigenvalue weighted by molar-refractivity contribution is -0.148. The molecule has 8 nitrogen and oxygen atoms in total. The first-order valence-electron chi connectivity index (χ1n) is 8.24. The van der Waals surface area contributed by atoms with Gasteiger partial charge in [-0.15, -0.1) is 0 Å². The van der Waals surface area contributed by atoms with Crippen molar-refractivity contribution in [3.63, 3.8) is 0 Å². The third-order valence-corrected chi connectivity index (χ3v) is 4.32. The van der Waals surface area contributed by atoms with Crippen molar-refractivity contribution < 1.29 is 19.5 Å². The molecule has 2 amide bonds. The van der Waals surface area contributed by atoms with Gasteiger partial charge < -0.3 is 26.8 Å². The number of hydrogen-bond acceptors (Lipinski definition) is 5. The minimum absolute atomic E-state index is 0.126. The number of amides is 2. The van der Waals surface area contributed by atoms with Crippen LogP contribution in [0, 0.1) is 0 Å². The molecule has 25 heavy (non-hydrogen) atoms. The molecule has 0 spiro atoms. The Balaban J connectivity index is 1.97. The van der Waals surface area contributed by atoms with Crippen molar-refractivity contribution in [3.8, 4) is 0 Å². The summed E-state index contributed by atoms with van der Waals surface area (Å²) in [5.41, 5.74) is 12.3. The maximum atomic E-state index is 12.6. The Bertz CT molecular complexity index is 622. The Labute approximate surface area is 146 Å². The van der Waals surface area contributed by atoms with E-state index in [0.29, 0.717) is 12.8 Å². The van der Waals surface area contributed by atoms with E-state index >= 15 is 0 Å². The van der Waals surface area contributed by atoms with Crippen LogP contribution in [0.5, 0.6) is 0 Å². The maximum absolute atomic E-state index is 12.6. The topological polar surface area (TPSA) is 139 Å². The Morgan fingerprint density at radius 3 is 2.56 bits per heavy atom. The maximum Gasteiger partial charge on any atom is 0.326 e. The Kier molecular flexibility index (Phi) is 6.49. The van der Waals surface area contributed by atoms with Gasteiger partial charge in [-0.3, -0.25) is 9.59 Å². The number of aliphatic carboxylic acids is 1. The van der Waals surface area contributed by atoms with Crippen LogP contribution in [0.2, 0.25) is 0 Å². The van der Waals surface area contributed by atoms with Crippen LogP contribution in [0.3, 0.4) is 0 Å². The molecule has 1 aromatic carbocycles. The molecule has 0 saturated carbocycles. The Hall–Kier alpha value is -2.45. The van der Waals surface area contributed by atoms with E-state index in [4.69, 9.17) is 11.5 Å². The molecule has 0 bridgehead atoms. The van der Waals surface area contributed by atoms with Crippen LogP contribution < -0.4 is 16.8 Å². The fraction of sp³-hybridized carbons (Fsp3) is 0.471. The SMILES string of the molecule is NCC(=O)N[C@@H]1C[C@@H](C(=O)O)N(C(=O)[C@H](N)CCc2ccccc2)C1. The van der Waals surface area contributed by atoms with Gasteiger partial charge in [0, 0.05) is 19.0 Å². The van der Waals surface area contributed by atoms with Crippen molar-refractivity contribution in [1.29, 1.82) is 0 Å². The summed E-state index contributed by atoms with van der Waals surface area (Å²) in [4.78, 5) is 36.7. The zero-order chi connectivity index (χ0) is 18.4. The molecule has 0 aliphatic carbocycles. The van der Waals surface area contributed by atoms with Crippen LogP contribution in [0.4, 0.5) is 0 Å². The molecule has 1 heterocycles. The monoisotopic (exact) mass is 348 g/mol. The lowest BCUT2D eigenvalue weighted by Crippen LogP contribution is -2.49. The van der Waals surface area contributed by atoms with E-state index in [2.05, 4.69) is 5.32 Å². The molecule has 1 aromatic rings. The zero-order valence-electron chi connectivity index (χ0n) is 13.9. The molecule has 1 aliphatic rings. The van der Waals surface area contributed by atoms with Crippen molar-refractivity contribution in [2.45, 2.75) is 37.4 Å². The summed E-state index contributed by atoms with van der Waals surface area (Å²) in [6.07, 6.45) is 1.20. The number of aryl methyl sites for hydroxylation is 1. The van der Waals surface area contributed by atoms with Gasteiger partial charge >= 0.3 is 5.97 Å². The van der Waals surface area contributed by atoms with Gasteiger partial charge in [-0.2, -0.15) is 0 Å². The molecule has 1 saturated heterocycles. The molecule has 2 rings (SSSR count). The number of carboxylic acid groups (broad SMARTS) is 1. The molecule has 6 N–H and O–H groups in total. The van der Waals surface area contributed by atoms with E-state index in [0.717, 1.165) is 5.56 Å². The Morgan fingerprint density at radius 1 is 1.28 bits per heavy atom. The second-order valence-electron chi connectivity index (χ2n) is 6.18. The first-order chi connectivity index (χ1) is 11.9. The molecule has 1 aliphatic heterocycles. The van der Waals surface area contributed by atoms with Gasteiger partial charge in [-0.25, -0.2) is 4.79 Å². The summed E-state index contributed by atoms with van der Waals surface area (Å²) in [6, 6.07) is 7.43. The first kappa shape index (κ1) is 18.9. The van der Waals surface area contributed by atoms with Gasteiger partial charge in [-0.1, -0.05) is 30.3 Å². The molecular formula is C17H24N4O4.